The SMILES string of the molecule is Cc1c(I)cccc1C(=O)NC1CCN(C)CC1. The smallest absolute Gasteiger partial charge is 0.251 e. The van der Waals surface area contributed by atoms with Crippen molar-refractivity contribution in [2.75, 3.05) is 20.1 Å². The van der Waals surface area contributed by atoms with E-state index in [1.54, 1.807) is 0 Å². The van der Waals surface area contributed by atoms with Crippen molar-refractivity contribution in [1.29, 1.82) is 0 Å². The molecule has 1 aromatic carbocycles. The van der Waals surface area contributed by atoms with E-state index in [0.717, 1.165) is 40.6 Å². The van der Waals surface area contributed by atoms with Crippen LogP contribution in [0, 0.1) is 10.5 Å². The number of hydrogen-bond acceptors (Lipinski definition) is 2. The Hall–Kier alpha value is -0.620. The van der Waals surface area contributed by atoms with Crippen molar-refractivity contribution in [3.63, 3.8) is 0 Å². The Balaban J connectivity index is 2.01. The number of benzene rings is 1. The number of hydrogen-bond donors (Lipinski definition) is 1. The first-order chi connectivity index (χ1) is 8.58. The minimum absolute atomic E-state index is 0.0700. The second-order valence-corrected chi connectivity index (χ2v) is 6.13. The molecule has 18 heavy (non-hydrogen) atoms. The molecule has 0 atom stereocenters. The van der Waals surface area contributed by atoms with Gasteiger partial charge in [-0.05, 0) is 80.2 Å². The van der Waals surface area contributed by atoms with Gasteiger partial charge in [-0.1, -0.05) is 6.07 Å². The molecular formula is C14H19IN2O. The van der Waals surface area contributed by atoms with E-state index < -0.39 is 0 Å². The minimum atomic E-state index is 0.0700. The van der Waals surface area contributed by atoms with Crippen LogP contribution in [0.25, 0.3) is 0 Å². The summed E-state index contributed by atoms with van der Waals surface area (Å²) >= 11 is 2.27. The highest BCUT2D eigenvalue weighted by Gasteiger charge is 2.20. The van der Waals surface area contributed by atoms with Gasteiger partial charge in [-0.2, -0.15) is 0 Å². The first-order valence-corrected chi connectivity index (χ1v) is 7.40. The molecule has 1 heterocycles. The lowest BCUT2D eigenvalue weighted by atomic mass is 10.0. The van der Waals surface area contributed by atoms with Gasteiger partial charge in [0.1, 0.15) is 0 Å². The van der Waals surface area contributed by atoms with Crippen molar-refractivity contribution in [2.24, 2.45) is 0 Å². The Morgan fingerprint density at radius 3 is 2.72 bits per heavy atom. The molecule has 0 aromatic heterocycles. The average molecular weight is 358 g/mol. The first kappa shape index (κ1) is 13.8. The maximum Gasteiger partial charge on any atom is 0.251 e. The van der Waals surface area contributed by atoms with Crippen molar-refractivity contribution < 1.29 is 4.79 Å². The van der Waals surface area contributed by atoms with E-state index in [0.29, 0.717) is 6.04 Å². The Morgan fingerprint density at radius 2 is 2.06 bits per heavy atom. The molecule has 0 bridgehead atoms. The third-order valence-electron chi connectivity index (χ3n) is 3.57. The molecule has 1 aliphatic rings. The zero-order valence-corrected chi connectivity index (χ0v) is 13.0. The van der Waals surface area contributed by atoms with E-state index in [1.807, 2.05) is 25.1 Å². The van der Waals surface area contributed by atoms with E-state index in [-0.39, 0.29) is 5.91 Å². The fourth-order valence-electron chi connectivity index (χ4n) is 2.27. The first-order valence-electron chi connectivity index (χ1n) is 6.32. The third-order valence-corrected chi connectivity index (χ3v) is 4.73. The molecule has 0 unspecified atom stereocenters. The third kappa shape index (κ3) is 3.23. The van der Waals surface area contributed by atoms with Crippen LogP contribution in [0.1, 0.15) is 28.8 Å². The van der Waals surface area contributed by atoms with E-state index in [4.69, 9.17) is 0 Å². The summed E-state index contributed by atoms with van der Waals surface area (Å²) in [5.74, 6) is 0.0700. The number of amides is 1. The summed E-state index contributed by atoms with van der Waals surface area (Å²) in [6.45, 7) is 4.14. The molecule has 1 aromatic rings. The van der Waals surface area contributed by atoms with Crippen LogP contribution in [0.15, 0.2) is 18.2 Å². The summed E-state index contributed by atoms with van der Waals surface area (Å²) in [5, 5.41) is 3.15. The fraction of sp³-hybridized carbons (Fsp3) is 0.500. The topological polar surface area (TPSA) is 32.3 Å². The van der Waals surface area contributed by atoms with E-state index >= 15 is 0 Å². The van der Waals surface area contributed by atoms with Gasteiger partial charge in [0.2, 0.25) is 0 Å². The number of nitrogens with one attached hydrogen (secondary N) is 1. The van der Waals surface area contributed by atoms with Gasteiger partial charge in [0, 0.05) is 15.2 Å². The molecule has 2 rings (SSSR count). The molecule has 0 aliphatic carbocycles. The van der Waals surface area contributed by atoms with E-state index in [1.165, 1.54) is 0 Å². The lowest BCUT2D eigenvalue weighted by Crippen LogP contribution is -2.43. The van der Waals surface area contributed by atoms with Crippen molar-refractivity contribution in [3.05, 3.63) is 32.9 Å². The molecule has 0 saturated carbocycles. The number of carbonyl (C=O) groups excluding carboxylic acids is 1. The maximum atomic E-state index is 12.2. The Kier molecular flexibility index (Phi) is 4.61. The monoisotopic (exact) mass is 358 g/mol. The second kappa shape index (κ2) is 6.02. The van der Waals surface area contributed by atoms with Gasteiger partial charge < -0.3 is 10.2 Å². The van der Waals surface area contributed by atoms with Crippen LogP contribution >= 0.6 is 22.6 Å². The Morgan fingerprint density at radius 1 is 1.39 bits per heavy atom. The average Bonchev–Trinajstić information content (AvgIpc) is 2.35. The molecule has 98 valence electrons. The molecule has 0 spiro atoms. The van der Waals surface area contributed by atoms with Gasteiger partial charge in [-0.15, -0.1) is 0 Å². The standard InChI is InChI=1S/C14H19IN2O/c1-10-12(4-3-5-13(10)15)14(18)16-11-6-8-17(2)9-7-11/h3-5,11H,6-9H2,1-2H3,(H,16,18). The molecule has 0 radical (unpaired) electrons. The second-order valence-electron chi connectivity index (χ2n) is 4.96. The highest BCUT2D eigenvalue weighted by atomic mass is 127. The molecule has 1 amide bonds. The molecule has 3 nitrogen and oxygen atoms in total. The van der Waals surface area contributed by atoms with E-state index in [2.05, 4.69) is 39.9 Å². The molecule has 1 aliphatic heterocycles. The zero-order chi connectivity index (χ0) is 13.1. The number of halogens is 1. The van der Waals surface area contributed by atoms with Crippen LogP contribution in [0.2, 0.25) is 0 Å². The zero-order valence-electron chi connectivity index (χ0n) is 10.9. The van der Waals surface area contributed by atoms with Crippen LogP contribution in [-0.2, 0) is 0 Å². The summed E-state index contributed by atoms with van der Waals surface area (Å²) in [6.07, 6.45) is 2.09. The number of carbonyl (C=O) groups is 1. The lowest BCUT2D eigenvalue weighted by molar-refractivity contribution is 0.0916. The molecule has 1 fully saturated rings. The lowest BCUT2D eigenvalue weighted by Gasteiger charge is -2.29. The summed E-state index contributed by atoms with van der Waals surface area (Å²) in [4.78, 5) is 14.5. The van der Waals surface area contributed by atoms with Crippen LogP contribution in [0.3, 0.4) is 0 Å². The van der Waals surface area contributed by atoms with Gasteiger partial charge in [0.25, 0.3) is 5.91 Å². The summed E-state index contributed by atoms with van der Waals surface area (Å²) in [7, 11) is 2.13. The van der Waals surface area contributed by atoms with Gasteiger partial charge in [-0.25, -0.2) is 0 Å². The summed E-state index contributed by atoms with van der Waals surface area (Å²) in [6, 6.07) is 6.20. The predicted molar refractivity (Wildman–Crippen MR) is 81.9 cm³/mol. The summed E-state index contributed by atoms with van der Waals surface area (Å²) in [5.41, 5.74) is 1.88. The van der Waals surface area contributed by atoms with Gasteiger partial charge in [0.05, 0.1) is 0 Å². The summed E-state index contributed by atoms with van der Waals surface area (Å²) < 4.78 is 1.14. The number of nitrogens with zero attached hydrogens (tertiary/aromatic N) is 1. The Bertz CT molecular complexity index is 439. The van der Waals surface area contributed by atoms with Crippen molar-refractivity contribution in [3.8, 4) is 0 Å². The fourth-order valence-corrected chi connectivity index (χ4v) is 2.77. The molecular weight excluding hydrogens is 339 g/mol. The van der Waals surface area contributed by atoms with Crippen LogP contribution < -0.4 is 5.32 Å². The predicted octanol–water partition coefficient (Wildman–Crippen LogP) is 2.42. The minimum Gasteiger partial charge on any atom is -0.349 e. The maximum absolute atomic E-state index is 12.2. The van der Waals surface area contributed by atoms with Crippen molar-refractivity contribution in [2.45, 2.75) is 25.8 Å². The quantitative estimate of drug-likeness (QED) is 0.824. The van der Waals surface area contributed by atoms with E-state index in [9.17, 15) is 4.79 Å². The number of rotatable bonds is 2. The van der Waals surface area contributed by atoms with Crippen molar-refractivity contribution >= 4 is 28.5 Å². The normalized spacial score (nSPS) is 17.7. The van der Waals surface area contributed by atoms with Crippen LogP contribution in [-0.4, -0.2) is 37.0 Å². The van der Waals surface area contributed by atoms with Crippen molar-refractivity contribution in [1.82, 2.24) is 10.2 Å². The number of likely N-dealkylation sites (tertiary alicyclic amines) is 1. The highest BCUT2D eigenvalue weighted by Crippen LogP contribution is 2.16. The van der Waals surface area contributed by atoms with Gasteiger partial charge in [-0.3, -0.25) is 4.79 Å². The van der Waals surface area contributed by atoms with Gasteiger partial charge in [0.15, 0.2) is 0 Å². The van der Waals surface area contributed by atoms with Gasteiger partial charge >= 0.3 is 0 Å². The van der Waals surface area contributed by atoms with Crippen LogP contribution in [0.5, 0.6) is 0 Å². The molecule has 1 N–H and O–H groups in total. The number of piperidine rings is 1. The molecule has 4 heteroatoms. The largest absolute Gasteiger partial charge is 0.349 e. The Labute approximate surface area is 122 Å². The van der Waals surface area contributed by atoms with Crippen LogP contribution in [0.4, 0.5) is 0 Å². The highest BCUT2D eigenvalue weighted by molar-refractivity contribution is 14.1. The molecule has 1 saturated heterocycles.